The predicted octanol–water partition coefficient (Wildman–Crippen LogP) is 1.81. The maximum atomic E-state index is 12.1. The number of hydrogen-bond acceptors (Lipinski definition) is 4. The molecule has 0 saturated carbocycles. The lowest BCUT2D eigenvalue weighted by Crippen LogP contribution is -2.13. The van der Waals surface area contributed by atoms with Gasteiger partial charge in [-0.25, -0.2) is 4.98 Å². The molecule has 19 heavy (non-hydrogen) atoms. The number of nitrogens with one attached hydrogen (secondary N) is 3. The molecule has 7 heteroatoms. The average Bonchev–Trinajstić information content (AvgIpc) is 2.89. The Labute approximate surface area is 112 Å². The Hall–Kier alpha value is -2.02. The van der Waals surface area contributed by atoms with Gasteiger partial charge in [0.2, 0.25) is 0 Å². The molecule has 3 N–H and O–H groups in total. The standard InChI is InChI=1S/C12H16N4O2S/c1-3-11-14-8-12(15-11)19(17,18)16-10-6-4-9(13-2)5-7-10/h4-8,13,16H,3H2,1-2H3,(H,14,15). The molecular formula is C12H16N4O2S. The zero-order chi connectivity index (χ0) is 13.9. The number of anilines is 2. The molecule has 0 atom stereocenters. The van der Waals surface area contributed by atoms with E-state index in [-0.39, 0.29) is 5.03 Å². The Balaban J connectivity index is 2.20. The molecule has 0 bridgehead atoms. The van der Waals surface area contributed by atoms with Crippen molar-refractivity contribution in [3.63, 3.8) is 0 Å². The fourth-order valence-electron chi connectivity index (χ4n) is 1.57. The van der Waals surface area contributed by atoms with Gasteiger partial charge in [-0.3, -0.25) is 4.72 Å². The number of aromatic nitrogens is 2. The molecular weight excluding hydrogens is 264 g/mol. The van der Waals surface area contributed by atoms with Crippen LogP contribution in [0.3, 0.4) is 0 Å². The van der Waals surface area contributed by atoms with Crippen molar-refractivity contribution in [1.82, 2.24) is 9.97 Å². The smallest absolute Gasteiger partial charge is 0.278 e. The predicted molar refractivity (Wildman–Crippen MR) is 74.8 cm³/mol. The summed E-state index contributed by atoms with van der Waals surface area (Å²) in [4.78, 5) is 6.76. The van der Waals surface area contributed by atoms with Crippen LogP contribution in [0, 0.1) is 0 Å². The Bertz CT molecular complexity index is 647. The van der Waals surface area contributed by atoms with Gasteiger partial charge in [0.05, 0.1) is 6.20 Å². The largest absolute Gasteiger partial charge is 0.388 e. The van der Waals surface area contributed by atoms with Crippen molar-refractivity contribution in [3.05, 3.63) is 36.3 Å². The number of imidazole rings is 1. The Morgan fingerprint density at radius 1 is 1.21 bits per heavy atom. The summed E-state index contributed by atoms with van der Waals surface area (Å²) in [5.41, 5.74) is 1.42. The second-order valence-corrected chi connectivity index (χ2v) is 5.63. The van der Waals surface area contributed by atoms with Crippen LogP contribution in [-0.2, 0) is 16.4 Å². The first-order chi connectivity index (χ1) is 9.05. The highest BCUT2D eigenvalue weighted by atomic mass is 32.2. The Morgan fingerprint density at radius 2 is 1.84 bits per heavy atom. The number of benzene rings is 1. The number of hydrogen-bond donors (Lipinski definition) is 3. The third-order valence-corrected chi connectivity index (χ3v) is 3.95. The highest BCUT2D eigenvalue weighted by Crippen LogP contribution is 2.17. The van der Waals surface area contributed by atoms with E-state index < -0.39 is 10.0 Å². The number of rotatable bonds is 5. The Morgan fingerprint density at radius 3 is 2.37 bits per heavy atom. The van der Waals surface area contributed by atoms with Crippen LogP contribution in [0.2, 0.25) is 0 Å². The van der Waals surface area contributed by atoms with Crippen molar-refractivity contribution in [2.75, 3.05) is 17.1 Å². The fourth-order valence-corrected chi connectivity index (χ4v) is 2.57. The van der Waals surface area contributed by atoms with E-state index in [0.29, 0.717) is 17.9 Å². The van der Waals surface area contributed by atoms with Gasteiger partial charge in [0.1, 0.15) is 5.82 Å². The van der Waals surface area contributed by atoms with Crippen LogP contribution in [0.5, 0.6) is 0 Å². The van der Waals surface area contributed by atoms with E-state index >= 15 is 0 Å². The minimum Gasteiger partial charge on any atom is -0.388 e. The summed E-state index contributed by atoms with van der Waals surface area (Å²) in [6.07, 6.45) is 1.98. The van der Waals surface area contributed by atoms with Gasteiger partial charge in [-0.2, -0.15) is 8.42 Å². The van der Waals surface area contributed by atoms with Crippen LogP contribution in [0.25, 0.3) is 0 Å². The quantitative estimate of drug-likeness (QED) is 0.779. The van der Waals surface area contributed by atoms with Crippen molar-refractivity contribution in [2.45, 2.75) is 18.4 Å². The first-order valence-electron chi connectivity index (χ1n) is 5.89. The van der Waals surface area contributed by atoms with Gasteiger partial charge in [-0.15, -0.1) is 0 Å². The van der Waals surface area contributed by atoms with Gasteiger partial charge in [0.15, 0.2) is 5.03 Å². The van der Waals surface area contributed by atoms with Crippen LogP contribution in [0.4, 0.5) is 11.4 Å². The second kappa shape index (κ2) is 5.31. The Kier molecular flexibility index (Phi) is 3.75. The highest BCUT2D eigenvalue weighted by molar-refractivity contribution is 7.92. The van der Waals surface area contributed by atoms with Gasteiger partial charge in [0, 0.05) is 24.8 Å². The van der Waals surface area contributed by atoms with E-state index in [9.17, 15) is 8.42 Å². The molecule has 102 valence electrons. The van der Waals surface area contributed by atoms with Crippen molar-refractivity contribution in [3.8, 4) is 0 Å². The van der Waals surface area contributed by atoms with Crippen molar-refractivity contribution in [1.29, 1.82) is 0 Å². The molecule has 0 amide bonds. The minimum absolute atomic E-state index is 0.0713. The molecule has 2 rings (SSSR count). The highest BCUT2D eigenvalue weighted by Gasteiger charge is 2.16. The molecule has 0 aliphatic rings. The van der Waals surface area contributed by atoms with E-state index in [1.54, 1.807) is 31.3 Å². The molecule has 0 saturated heterocycles. The van der Waals surface area contributed by atoms with Gasteiger partial charge < -0.3 is 10.3 Å². The lowest BCUT2D eigenvalue weighted by atomic mass is 10.3. The summed E-state index contributed by atoms with van der Waals surface area (Å²) >= 11 is 0. The van der Waals surface area contributed by atoms with Crippen LogP contribution in [-0.4, -0.2) is 25.4 Å². The average molecular weight is 280 g/mol. The summed E-state index contributed by atoms with van der Waals surface area (Å²) in [6, 6.07) is 6.98. The van der Waals surface area contributed by atoms with E-state index in [1.165, 1.54) is 6.20 Å². The van der Waals surface area contributed by atoms with Crippen LogP contribution < -0.4 is 10.0 Å². The van der Waals surface area contributed by atoms with E-state index in [0.717, 1.165) is 5.69 Å². The molecule has 1 aromatic heterocycles. The summed E-state index contributed by atoms with van der Waals surface area (Å²) in [6.45, 7) is 1.90. The second-order valence-electron chi connectivity index (χ2n) is 3.98. The van der Waals surface area contributed by atoms with Crippen LogP contribution >= 0.6 is 0 Å². The third-order valence-electron chi connectivity index (χ3n) is 2.66. The fraction of sp³-hybridized carbons (Fsp3) is 0.250. The summed E-state index contributed by atoms with van der Waals surface area (Å²) in [7, 11) is -1.81. The van der Waals surface area contributed by atoms with Crippen molar-refractivity contribution >= 4 is 21.4 Å². The van der Waals surface area contributed by atoms with Gasteiger partial charge in [-0.1, -0.05) is 6.92 Å². The lowest BCUT2D eigenvalue weighted by Gasteiger charge is -2.07. The number of aromatic amines is 1. The van der Waals surface area contributed by atoms with Crippen LogP contribution in [0.1, 0.15) is 12.7 Å². The molecule has 0 unspecified atom stereocenters. The summed E-state index contributed by atoms with van der Waals surface area (Å²) in [5, 5.41) is 3.04. The summed E-state index contributed by atoms with van der Waals surface area (Å²) < 4.78 is 26.7. The molecule has 2 aromatic rings. The first-order valence-corrected chi connectivity index (χ1v) is 7.38. The molecule has 0 fully saturated rings. The molecule has 0 radical (unpaired) electrons. The van der Waals surface area contributed by atoms with Crippen molar-refractivity contribution in [2.24, 2.45) is 0 Å². The number of sulfonamides is 1. The van der Waals surface area contributed by atoms with Gasteiger partial charge in [-0.05, 0) is 24.3 Å². The monoisotopic (exact) mass is 280 g/mol. The van der Waals surface area contributed by atoms with E-state index in [2.05, 4.69) is 20.0 Å². The minimum atomic E-state index is -3.61. The number of H-pyrrole nitrogens is 1. The number of nitrogens with zero attached hydrogens (tertiary/aromatic N) is 1. The maximum Gasteiger partial charge on any atom is 0.278 e. The zero-order valence-electron chi connectivity index (χ0n) is 10.8. The van der Waals surface area contributed by atoms with Crippen molar-refractivity contribution < 1.29 is 8.42 Å². The maximum absolute atomic E-state index is 12.1. The molecule has 0 aliphatic carbocycles. The molecule has 1 heterocycles. The van der Waals surface area contributed by atoms with Gasteiger partial charge in [0.25, 0.3) is 10.0 Å². The van der Waals surface area contributed by atoms with Gasteiger partial charge >= 0.3 is 0 Å². The van der Waals surface area contributed by atoms with E-state index in [1.807, 2.05) is 6.92 Å². The normalized spacial score (nSPS) is 11.3. The molecule has 0 spiro atoms. The first kappa shape index (κ1) is 13.4. The SMILES string of the molecule is CCc1ncc(S(=O)(=O)Nc2ccc(NC)cc2)[nH]1. The number of aryl methyl sites for hydroxylation is 1. The van der Waals surface area contributed by atoms with Crippen LogP contribution in [0.15, 0.2) is 35.5 Å². The molecule has 0 aliphatic heterocycles. The summed E-state index contributed by atoms with van der Waals surface area (Å²) in [5.74, 6) is 0.644. The zero-order valence-corrected chi connectivity index (χ0v) is 11.6. The molecule has 1 aromatic carbocycles. The third kappa shape index (κ3) is 3.05. The van der Waals surface area contributed by atoms with E-state index in [4.69, 9.17) is 0 Å². The lowest BCUT2D eigenvalue weighted by molar-refractivity contribution is 0.598. The topological polar surface area (TPSA) is 86.9 Å². The molecule has 6 nitrogen and oxygen atoms in total.